The van der Waals surface area contributed by atoms with Gasteiger partial charge in [0, 0.05) is 13.1 Å². The lowest BCUT2D eigenvalue weighted by Crippen LogP contribution is -2.37. The van der Waals surface area contributed by atoms with Gasteiger partial charge in [-0.2, -0.15) is 0 Å². The van der Waals surface area contributed by atoms with E-state index in [2.05, 4.69) is 73.2 Å². The molecule has 2 aromatic carbocycles. The quantitative estimate of drug-likeness (QED) is 0.710. The maximum atomic E-state index is 5.79. The molecule has 0 amide bonds. The van der Waals surface area contributed by atoms with E-state index in [-0.39, 0.29) is 6.04 Å². The van der Waals surface area contributed by atoms with Gasteiger partial charge in [0.1, 0.15) is 0 Å². The summed E-state index contributed by atoms with van der Waals surface area (Å²) in [5, 5.41) is 0. The van der Waals surface area contributed by atoms with E-state index in [0.717, 1.165) is 13.1 Å². The summed E-state index contributed by atoms with van der Waals surface area (Å²) in [6.07, 6.45) is 5.79. The highest BCUT2D eigenvalue weighted by atomic mass is 15.2. The first-order chi connectivity index (χ1) is 10.2. The van der Waals surface area contributed by atoms with Crippen LogP contribution in [-0.2, 0) is 13.1 Å². The Labute approximate surface area is 128 Å². The van der Waals surface area contributed by atoms with Crippen molar-refractivity contribution in [2.24, 2.45) is 5.92 Å². The van der Waals surface area contributed by atoms with Crippen LogP contribution in [0, 0.1) is 18.3 Å². The zero-order valence-electron chi connectivity index (χ0n) is 12.9. The van der Waals surface area contributed by atoms with Crippen LogP contribution in [0.25, 0.3) is 0 Å². The molecule has 0 aromatic heterocycles. The fourth-order valence-corrected chi connectivity index (χ4v) is 2.61. The van der Waals surface area contributed by atoms with Crippen LogP contribution >= 0.6 is 0 Å². The zero-order valence-corrected chi connectivity index (χ0v) is 12.9. The molecule has 0 aliphatic carbocycles. The Morgan fingerprint density at radius 1 is 0.857 bits per heavy atom. The van der Waals surface area contributed by atoms with Crippen molar-refractivity contribution in [2.75, 3.05) is 0 Å². The summed E-state index contributed by atoms with van der Waals surface area (Å²) in [5.41, 5.74) is 2.60. The molecule has 2 rings (SSSR count). The second-order valence-corrected chi connectivity index (χ2v) is 5.73. The van der Waals surface area contributed by atoms with Crippen molar-refractivity contribution in [3.05, 3.63) is 71.8 Å². The molecule has 0 saturated heterocycles. The lowest BCUT2D eigenvalue weighted by molar-refractivity contribution is 0.179. The van der Waals surface area contributed by atoms with Crippen LogP contribution in [0.2, 0.25) is 0 Å². The fourth-order valence-electron chi connectivity index (χ4n) is 2.61. The van der Waals surface area contributed by atoms with Gasteiger partial charge in [0.05, 0.1) is 6.04 Å². The monoisotopic (exact) mass is 277 g/mol. The number of terminal acetylenes is 1. The molecule has 1 unspecified atom stereocenters. The highest BCUT2D eigenvalue weighted by Crippen LogP contribution is 2.17. The Morgan fingerprint density at radius 3 is 1.62 bits per heavy atom. The van der Waals surface area contributed by atoms with Gasteiger partial charge in [-0.3, -0.25) is 4.90 Å². The normalized spacial score (nSPS) is 12.3. The van der Waals surface area contributed by atoms with Gasteiger partial charge in [-0.1, -0.05) is 80.4 Å². The van der Waals surface area contributed by atoms with Crippen LogP contribution < -0.4 is 0 Å². The van der Waals surface area contributed by atoms with E-state index in [4.69, 9.17) is 6.42 Å². The first kappa shape index (κ1) is 15.4. The Balaban J connectivity index is 2.20. The SMILES string of the molecule is C#CC(C(C)C)N(Cc1ccccc1)Cc1ccccc1. The molecule has 0 aliphatic heterocycles. The molecular formula is C20H23N. The largest absolute Gasteiger partial charge is 0.281 e. The number of hydrogen-bond donors (Lipinski definition) is 0. The number of rotatable bonds is 6. The molecule has 0 N–H and O–H groups in total. The average molecular weight is 277 g/mol. The third kappa shape index (κ3) is 4.48. The third-order valence-corrected chi connectivity index (χ3v) is 3.65. The van der Waals surface area contributed by atoms with E-state index < -0.39 is 0 Å². The van der Waals surface area contributed by atoms with Crippen LogP contribution in [0.3, 0.4) is 0 Å². The van der Waals surface area contributed by atoms with Crippen molar-refractivity contribution in [1.82, 2.24) is 4.90 Å². The van der Waals surface area contributed by atoms with Crippen molar-refractivity contribution in [3.63, 3.8) is 0 Å². The number of nitrogens with zero attached hydrogens (tertiary/aromatic N) is 1. The molecule has 2 aromatic rings. The van der Waals surface area contributed by atoms with Crippen LogP contribution in [0.5, 0.6) is 0 Å². The molecule has 0 heterocycles. The first-order valence-electron chi connectivity index (χ1n) is 7.48. The summed E-state index contributed by atoms with van der Waals surface area (Å²) in [5.74, 6) is 3.40. The molecule has 108 valence electrons. The minimum atomic E-state index is 0.144. The molecule has 1 atom stereocenters. The summed E-state index contributed by atoms with van der Waals surface area (Å²) >= 11 is 0. The van der Waals surface area contributed by atoms with Gasteiger partial charge in [-0.15, -0.1) is 6.42 Å². The molecule has 1 nitrogen and oxygen atoms in total. The average Bonchev–Trinajstić information content (AvgIpc) is 2.49. The Bertz CT molecular complexity index is 524. The predicted molar refractivity (Wildman–Crippen MR) is 89.6 cm³/mol. The summed E-state index contributed by atoms with van der Waals surface area (Å²) in [4.78, 5) is 2.38. The van der Waals surface area contributed by atoms with Crippen LogP contribution in [0.4, 0.5) is 0 Å². The van der Waals surface area contributed by atoms with Gasteiger partial charge < -0.3 is 0 Å². The molecule has 0 saturated carbocycles. The standard InChI is InChI=1S/C20H23N/c1-4-20(17(2)3)21(15-18-11-7-5-8-12-18)16-19-13-9-6-10-14-19/h1,5-14,17,20H,15-16H2,2-3H3. The van der Waals surface area contributed by atoms with E-state index in [1.807, 2.05) is 12.1 Å². The van der Waals surface area contributed by atoms with Crippen molar-refractivity contribution < 1.29 is 0 Å². The van der Waals surface area contributed by atoms with Gasteiger partial charge in [0.2, 0.25) is 0 Å². The summed E-state index contributed by atoms with van der Waals surface area (Å²) in [6.45, 7) is 6.13. The predicted octanol–water partition coefficient (Wildman–Crippen LogP) is 4.35. The lowest BCUT2D eigenvalue weighted by Gasteiger charge is -2.31. The highest BCUT2D eigenvalue weighted by molar-refractivity contribution is 5.18. The fraction of sp³-hybridized carbons (Fsp3) is 0.300. The van der Waals surface area contributed by atoms with E-state index in [9.17, 15) is 0 Å². The Kier molecular flexibility index (Phi) is 5.60. The van der Waals surface area contributed by atoms with E-state index in [1.165, 1.54) is 11.1 Å². The van der Waals surface area contributed by atoms with Crippen LogP contribution in [-0.4, -0.2) is 10.9 Å². The van der Waals surface area contributed by atoms with E-state index >= 15 is 0 Å². The van der Waals surface area contributed by atoms with Crippen LogP contribution in [0.15, 0.2) is 60.7 Å². The summed E-state index contributed by atoms with van der Waals surface area (Å²) in [7, 11) is 0. The highest BCUT2D eigenvalue weighted by Gasteiger charge is 2.20. The second-order valence-electron chi connectivity index (χ2n) is 5.73. The molecule has 0 bridgehead atoms. The van der Waals surface area contributed by atoms with Crippen molar-refractivity contribution in [1.29, 1.82) is 0 Å². The van der Waals surface area contributed by atoms with Crippen molar-refractivity contribution >= 4 is 0 Å². The van der Waals surface area contributed by atoms with Crippen molar-refractivity contribution in [3.8, 4) is 12.3 Å². The van der Waals surface area contributed by atoms with Gasteiger partial charge >= 0.3 is 0 Å². The Hall–Kier alpha value is -2.04. The number of hydrogen-bond acceptors (Lipinski definition) is 1. The van der Waals surface area contributed by atoms with Gasteiger partial charge in [0.15, 0.2) is 0 Å². The van der Waals surface area contributed by atoms with E-state index in [1.54, 1.807) is 0 Å². The second kappa shape index (κ2) is 7.67. The third-order valence-electron chi connectivity index (χ3n) is 3.65. The lowest BCUT2D eigenvalue weighted by atomic mass is 10.0. The van der Waals surface area contributed by atoms with Gasteiger partial charge in [-0.25, -0.2) is 0 Å². The summed E-state index contributed by atoms with van der Waals surface area (Å²) < 4.78 is 0. The molecule has 0 aliphatic rings. The minimum Gasteiger partial charge on any atom is -0.281 e. The van der Waals surface area contributed by atoms with Crippen LogP contribution in [0.1, 0.15) is 25.0 Å². The molecular weight excluding hydrogens is 254 g/mol. The maximum absolute atomic E-state index is 5.79. The smallest absolute Gasteiger partial charge is 0.0740 e. The zero-order chi connectivity index (χ0) is 15.1. The first-order valence-corrected chi connectivity index (χ1v) is 7.48. The molecule has 0 radical (unpaired) electrons. The van der Waals surface area contributed by atoms with Crippen molar-refractivity contribution in [2.45, 2.75) is 33.0 Å². The molecule has 0 fully saturated rings. The molecule has 0 spiro atoms. The summed E-state index contributed by atoms with van der Waals surface area (Å²) in [6, 6.07) is 21.2. The number of benzene rings is 2. The minimum absolute atomic E-state index is 0.144. The van der Waals surface area contributed by atoms with Gasteiger partial charge in [-0.05, 0) is 17.0 Å². The maximum Gasteiger partial charge on any atom is 0.0740 e. The molecule has 1 heteroatoms. The topological polar surface area (TPSA) is 3.24 Å². The molecule has 21 heavy (non-hydrogen) atoms. The van der Waals surface area contributed by atoms with Gasteiger partial charge in [0.25, 0.3) is 0 Å². The Morgan fingerprint density at radius 2 is 1.29 bits per heavy atom. The van der Waals surface area contributed by atoms with E-state index in [0.29, 0.717) is 5.92 Å².